The van der Waals surface area contributed by atoms with E-state index in [4.69, 9.17) is 16.3 Å². The molecule has 0 saturated carbocycles. The van der Waals surface area contributed by atoms with Crippen LogP contribution in [0, 0.1) is 6.92 Å². The second-order valence-corrected chi connectivity index (χ2v) is 5.95. The molecule has 3 aromatic rings. The number of ether oxygens (including phenoxy) is 1. The summed E-state index contributed by atoms with van der Waals surface area (Å²) in [6.45, 7) is 2.80. The Morgan fingerprint density at radius 1 is 1.04 bits per heavy atom. The third-order valence-corrected chi connectivity index (χ3v) is 4.11. The average molecular weight is 355 g/mol. The van der Waals surface area contributed by atoms with Crippen LogP contribution in [0.3, 0.4) is 0 Å². The van der Waals surface area contributed by atoms with Crippen LogP contribution in [-0.4, -0.2) is 17.1 Å². The molecule has 5 nitrogen and oxygen atoms in total. The molecule has 0 amide bonds. The smallest absolute Gasteiger partial charge is 0.137 e. The Morgan fingerprint density at radius 3 is 2.60 bits per heavy atom. The molecule has 1 heterocycles. The van der Waals surface area contributed by atoms with Crippen molar-refractivity contribution in [2.75, 3.05) is 17.7 Å². The van der Waals surface area contributed by atoms with Gasteiger partial charge in [-0.05, 0) is 36.2 Å². The molecule has 0 fully saturated rings. The predicted octanol–water partition coefficient (Wildman–Crippen LogP) is 4.80. The number of hydrogen-bond acceptors (Lipinski definition) is 5. The Bertz CT molecular complexity index is 870. The number of aryl methyl sites for hydroxylation is 1. The van der Waals surface area contributed by atoms with Crippen LogP contribution >= 0.6 is 11.6 Å². The highest BCUT2D eigenvalue weighted by molar-refractivity contribution is 6.32. The first-order valence-corrected chi connectivity index (χ1v) is 8.24. The monoisotopic (exact) mass is 354 g/mol. The number of halogens is 1. The predicted molar refractivity (Wildman–Crippen MR) is 102 cm³/mol. The van der Waals surface area contributed by atoms with Gasteiger partial charge in [-0.1, -0.05) is 35.9 Å². The van der Waals surface area contributed by atoms with Gasteiger partial charge in [0.05, 0.1) is 12.1 Å². The summed E-state index contributed by atoms with van der Waals surface area (Å²) < 4.78 is 5.16. The largest absolute Gasteiger partial charge is 0.495 e. The molecule has 0 atom stereocenters. The van der Waals surface area contributed by atoms with E-state index in [0.29, 0.717) is 23.1 Å². The molecule has 1 aromatic heterocycles. The van der Waals surface area contributed by atoms with Crippen LogP contribution in [0.2, 0.25) is 5.02 Å². The lowest BCUT2D eigenvalue weighted by Crippen LogP contribution is -2.04. The van der Waals surface area contributed by atoms with E-state index in [2.05, 4.69) is 39.7 Å². The fraction of sp³-hybridized carbons (Fsp3) is 0.158. The molecule has 25 heavy (non-hydrogen) atoms. The van der Waals surface area contributed by atoms with Gasteiger partial charge in [-0.2, -0.15) is 0 Å². The van der Waals surface area contributed by atoms with Gasteiger partial charge in [0.2, 0.25) is 0 Å². The number of aromatic nitrogens is 2. The molecule has 0 spiro atoms. The van der Waals surface area contributed by atoms with Crippen molar-refractivity contribution in [2.24, 2.45) is 0 Å². The zero-order valence-electron chi connectivity index (χ0n) is 14.1. The highest BCUT2D eigenvalue weighted by atomic mass is 35.5. The van der Waals surface area contributed by atoms with E-state index in [-0.39, 0.29) is 0 Å². The topological polar surface area (TPSA) is 59.1 Å². The summed E-state index contributed by atoms with van der Waals surface area (Å²) in [5.74, 6) is 2.07. The second-order valence-electron chi connectivity index (χ2n) is 5.54. The molecule has 2 aromatic carbocycles. The number of hydrogen-bond donors (Lipinski definition) is 2. The lowest BCUT2D eigenvalue weighted by Gasteiger charge is -2.11. The molecule has 0 aliphatic heterocycles. The van der Waals surface area contributed by atoms with E-state index in [9.17, 15) is 0 Å². The second kappa shape index (κ2) is 7.85. The van der Waals surface area contributed by atoms with E-state index < -0.39 is 0 Å². The third kappa shape index (κ3) is 4.39. The van der Waals surface area contributed by atoms with Crippen LogP contribution in [0.15, 0.2) is 54.9 Å². The molecule has 6 heteroatoms. The van der Waals surface area contributed by atoms with Gasteiger partial charge >= 0.3 is 0 Å². The van der Waals surface area contributed by atoms with Gasteiger partial charge in [0, 0.05) is 18.3 Å². The number of rotatable bonds is 6. The van der Waals surface area contributed by atoms with Crippen molar-refractivity contribution >= 4 is 28.9 Å². The molecular weight excluding hydrogens is 336 g/mol. The molecule has 2 N–H and O–H groups in total. The lowest BCUT2D eigenvalue weighted by atomic mass is 10.1. The number of anilines is 3. The van der Waals surface area contributed by atoms with Crippen molar-refractivity contribution in [3.05, 3.63) is 71.0 Å². The van der Waals surface area contributed by atoms with Gasteiger partial charge in [0.1, 0.15) is 23.7 Å². The molecular formula is C19H19ClN4O. The minimum absolute atomic E-state index is 0.541. The SMILES string of the molecule is COc1ccc(Nc2cc(NCc3ccccc3C)ncn2)cc1Cl. The van der Waals surface area contributed by atoms with E-state index in [1.165, 1.54) is 17.5 Å². The molecule has 0 bridgehead atoms. The van der Waals surface area contributed by atoms with Crippen LogP contribution in [0.25, 0.3) is 0 Å². The van der Waals surface area contributed by atoms with E-state index >= 15 is 0 Å². The van der Waals surface area contributed by atoms with Crippen molar-refractivity contribution in [3.8, 4) is 5.75 Å². The van der Waals surface area contributed by atoms with Crippen LogP contribution in [0.5, 0.6) is 5.75 Å². The molecule has 0 saturated heterocycles. The summed E-state index contributed by atoms with van der Waals surface area (Å²) >= 11 is 6.15. The summed E-state index contributed by atoms with van der Waals surface area (Å²) in [5, 5.41) is 7.08. The zero-order valence-corrected chi connectivity index (χ0v) is 14.8. The van der Waals surface area contributed by atoms with Crippen LogP contribution < -0.4 is 15.4 Å². The van der Waals surface area contributed by atoms with Crippen molar-refractivity contribution in [1.29, 1.82) is 0 Å². The molecule has 128 valence electrons. The summed E-state index contributed by atoms with van der Waals surface area (Å²) in [4.78, 5) is 8.51. The molecule has 0 unspecified atom stereocenters. The van der Waals surface area contributed by atoms with Crippen LogP contribution in [0.1, 0.15) is 11.1 Å². The normalized spacial score (nSPS) is 10.4. The van der Waals surface area contributed by atoms with Gasteiger partial charge in [-0.3, -0.25) is 0 Å². The van der Waals surface area contributed by atoms with Crippen molar-refractivity contribution in [2.45, 2.75) is 13.5 Å². The summed E-state index contributed by atoms with van der Waals surface area (Å²) in [6.07, 6.45) is 1.52. The highest BCUT2D eigenvalue weighted by Crippen LogP contribution is 2.28. The summed E-state index contributed by atoms with van der Waals surface area (Å²) in [5.41, 5.74) is 3.31. The number of nitrogens with one attached hydrogen (secondary N) is 2. The van der Waals surface area contributed by atoms with Gasteiger partial charge in [-0.25, -0.2) is 9.97 Å². The Morgan fingerprint density at radius 2 is 1.84 bits per heavy atom. The van der Waals surface area contributed by atoms with Crippen molar-refractivity contribution in [1.82, 2.24) is 9.97 Å². The van der Waals surface area contributed by atoms with Gasteiger partial charge in [0.25, 0.3) is 0 Å². The fourth-order valence-corrected chi connectivity index (χ4v) is 2.67. The Kier molecular flexibility index (Phi) is 5.36. The quantitative estimate of drug-likeness (QED) is 0.665. The van der Waals surface area contributed by atoms with Crippen molar-refractivity contribution in [3.63, 3.8) is 0 Å². The maximum absolute atomic E-state index is 6.15. The Hall–Kier alpha value is -2.79. The fourth-order valence-electron chi connectivity index (χ4n) is 2.41. The molecule has 0 radical (unpaired) electrons. The average Bonchev–Trinajstić information content (AvgIpc) is 2.62. The van der Waals surface area contributed by atoms with Crippen LogP contribution in [0.4, 0.5) is 17.3 Å². The number of benzene rings is 2. The Labute approximate surface area is 152 Å². The lowest BCUT2D eigenvalue weighted by molar-refractivity contribution is 0.415. The molecule has 0 aliphatic carbocycles. The van der Waals surface area contributed by atoms with E-state index in [1.807, 2.05) is 30.3 Å². The third-order valence-electron chi connectivity index (χ3n) is 3.81. The minimum Gasteiger partial charge on any atom is -0.495 e. The molecule has 3 rings (SSSR count). The van der Waals surface area contributed by atoms with Crippen molar-refractivity contribution < 1.29 is 4.74 Å². The highest BCUT2D eigenvalue weighted by Gasteiger charge is 2.04. The zero-order chi connectivity index (χ0) is 17.6. The van der Waals surface area contributed by atoms with E-state index in [0.717, 1.165) is 11.5 Å². The number of methoxy groups -OCH3 is 1. The first kappa shape index (κ1) is 17.0. The van der Waals surface area contributed by atoms with E-state index in [1.54, 1.807) is 13.2 Å². The maximum Gasteiger partial charge on any atom is 0.137 e. The van der Waals surface area contributed by atoms with Gasteiger partial charge < -0.3 is 15.4 Å². The Balaban J connectivity index is 1.69. The van der Waals surface area contributed by atoms with Gasteiger partial charge in [0.15, 0.2) is 0 Å². The first-order chi connectivity index (χ1) is 12.2. The van der Waals surface area contributed by atoms with Gasteiger partial charge in [-0.15, -0.1) is 0 Å². The summed E-state index contributed by atoms with van der Waals surface area (Å²) in [6, 6.07) is 15.6. The van der Waals surface area contributed by atoms with Crippen LogP contribution in [-0.2, 0) is 6.54 Å². The standard InChI is InChI=1S/C19H19ClN4O/c1-13-5-3-4-6-14(13)11-21-18-10-19(23-12-22-18)24-15-7-8-17(25-2)16(20)9-15/h3-10,12H,11H2,1-2H3,(H2,21,22,23,24). The number of nitrogens with zero attached hydrogens (tertiary/aromatic N) is 2. The minimum atomic E-state index is 0.541. The molecule has 0 aliphatic rings. The summed E-state index contributed by atoms with van der Waals surface area (Å²) in [7, 11) is 1.59. The first-order valence-electron chi connectivity index (χ1n) is 7.86. The maximum atomic E-state index is 6.15.